The van der Waals surface area contributed by atoms with Gasteiger partial charge in [-0.1, -0.05) is 75.9 Å². The molecule has 0 aromatic heterocycles. The highest BCUT2D eigenvalue weighted by molar-refractivity contribution is 5.88. The van der Waals surface area contributed by atoms with Gasteiger partial charge in [0.05, 0.1) is 16.7 Å². The standard InChI is InChI=1S/C15H22O2.C9H8O2.C7H5FO2/c1-2-3-4-5-6-7-8-13-9-11-14(12-10-13)15(16)17;1-2-7-3-5-8(6-4-7)9(10)11;8-6-3-1-5(2-4-6)7(9)10/h9-12H,2-8H2,1H3,(H,16,17);2-6H,1H2,(H,10,11);1-4H,(H,9,10). The lowest BCUT2D eigenvalue weighted by Gasteiger charge is -2.02. The number of carboxylic acids is 3. The van der Waals surface area contributed by atoms with E-state index in [-0.39, 0.29) is 5.56 Å². The molecule has 0 saturated heterocycles. The van der Waals surface area contributed by atoms with Crippen LogP contribution in [0.3, 0.4) is 0 Å². The smallest absolute Gasteiger partial charge is 0.335 e. The minimum absolute atomic E-state index is 0.0985. The molecule has 0 aliphatic heterocycles. The van der Waals surface area contributed by atoms with Crippen molar-refractivity contribution in [1.82, 2.24) is 0 Å². The second-order valence-electron chi connectivity index (χ2n) is 8.46. The quantitative estimate of drug-likeness (QED) is 0.221. The Morgan fingerprint density at radius 3 is 1.47 bits per heavy atom. The third-order valence-corrected chi connectivity index (χ3v) is 5.50. The predicted molar refractivity (Wildman–Crippen MR) is 147 cm³/mol. The predicted octanol–water partition coefficient (Wildman–Crippen LogP) is 7.84. The van der Waals surface area contributed by atoms with Crippen LogP contribution in [0.5, 0.6) is 0 Å². The van der Waals surface area contributed by atoms with E-state index in [1.165, 1.54) is 56.2 Å². The van der Waals surface area contributed by atoms with E-state index < -0.39 is 23.7 Å². The van der Waals surface area contributed by atoms with Crippen LogP contribution in [0.15, 0.2) is 79.4 Å². The van der Waals surface area contributed by atoms with Crippen LogP contribution in [-0.2, 0) is 6.42 Å². The Morgan fingerprint density at radius 1 is 0.658 bits per heavy atom. The van der Waals surface area contributed by atoms with Gasteiger partial charge in [0.15, 0.2) is 0 Å². The second-order valence-corrected chi connectivity index (χ2v) is 8.46. The number of hydrogen-bond acceptors (Lipinski definition) is 3. The number of aryl methyl sites for hydroxylation is 1. The number of aromatic carboxylic acids is 3. The zero-order chi connectivity index (χ0) is 28.3. The van der Waals surface area contributed by atoms with Crippen molar-refractivity contribution in [3.63, 3.8) is 0 Å². The molecule has 0 heterocycles. The number of carboxylic acid groups (broad SMARTS) is 3. The van der Waals surface area contributed by atoms with Crippen molar-refractivity contribution in [2.45, 2.75) is 51.9 Å². The molecule has 38 heavy (non-hydrogen) atoms. The summed E-state index contributed by atoms with van der Waals surface area (Å²) < 4.78 is 12.2. The first kappa shape index (κ1) is 31.8. The number of hydrogen-bond donors (Lipinski definition) is 3. The van der Waals surface area contributed by atoms with E-state index in [1.54, 1.807) is 42.5 Å². The van der Waals surface area contributed by atoms with E-state index >= 15 is 0 Å². The van der Waals surface area contributed by atoms with Crippen molar-refractivity contribution >= 4 is 24.0 Å². The van der Waals surface area contributed by atoms with Crippen molar-refractivity contribution < 1.29 is 34.1 Å². The molecular formula is C31H35FO6. The van der Waals surface area contributed by atoms with Crippen LogP contribution >= 0.6 is 0 Å². The summed E-state index contributed by atoms with van der Waals surface area (Å²) in [5.41, 5.74) is 2.94. The minimum atomic E-state index is -1.04. The van der Waals surface area contributed by atoms with Gasteiger partial charge in [-0.05, 0) is 72.5 Å². The van der Waals surface area contributed by atoms with Gasteiger partial charge in [0.25, 0.3) is 0 Å². The van der Waals surface area contributed by atoms with E-state index in [1.807, 2.05) is 12.1 Å². The summed E-state index contributed by atoms with van der Waals surface area (Å²) in [7, 11) is 0. The van der Waals surface area contributed by atoms with Gasteiger partial charge in [-0.25, -0.2) is 18.8 Å². The monoisotopic (exact) mass is 522 g/mol. The highest BCUT2D eigenvalue weighted by Crippen LogP contribution is 2.11. The Bertz CT molecular complexity index is 1140. The highest BCUT2D eigenvalue weighted by atomic mass is 19.1. The first-order chi connectivity index (χ1) is 18.2. The molecule has 3 aromatic rings. The number of unbranched alkanes of at least 4 members (excludes halogenated alkanes) is 5. The molecule has 0 amide bonds. The van der Waals surface area contributed by atoms with E-state index in [4.69, 9.17) is 15.3 Å². The first-order valence-electron chi connectivity index (χ1n) is 12.4. The molecule has 6 nitrogen and oxygen atoms in total. The van der Waals surface area contributed by atoms with Crippen LogP contribution in [0.1, 0.15) is 87.6 Å². The molecule has 7 heteroatoms. The Labute approximate surface area is 223 Å². The molecule has 0 radical (unpaired) electrons. The largest absolute Gasteiger partial charge is 0.478 e. The molecule has 3 N–H and O–H groups in total. The average molecular weight is 523 g/mol. The Balaban J connectivity index is 0.000000299. The lowest BCUT2D eigenvalue weighted by molar-refractivity contribution is 0.0686. The Morgan fingerprint density at radius 2 is 1.05 bits per heavy atom. The molecule has 0 aliphatic carbocycles. The van der Waals surface area contributed by atoms with E-state index in [9.17, 15) is 18.8 Å². The molecule has 202 valence electrons. The number of carbonyl (C=O) groups is 3. The summed E-state index contributed by atoms with van der Waals surface area (Å²) >= 11 is 0. The van der Waals surface area contributed by atoms with Crippen molar-refractivity contribution in [3.8, 4) is 0 Å². The highest BCUT2D eigenvalue weighted by Gasteiger charge is 2.02. The molecule has 0 atom stereocenters. The van der Waals surface area contributed by atoms with Gasteiger partial charge in [-0.3, -0.25) is 0 Å². The normalized spacial score (nSPS) is 9.74. The summed E-state index contributed by atoms with van der Waals surface area (Å²) in [5.74, 6) is -3.22. The molecule has 0 fully saturated rings. The maximum atomic E-state index is 12.2. The lowest BCUT2D eigenvalue weighted by atomic mass is 10.0. The van der Waals surface area contributed by atoms with Crippen LogP contribution in [0.25, 0.3) is 6.08 Å². The van der Waals surface area contributed by atoms with Gasteiger partial charge in [-0.2, -0.15) is 0 Å². The number of halogens is 1. The SMILES string of the molecule is C=Cc1ccc(C(=O)O)cc1.CCCCCCCCc1ccc(C(=O)O)cc1.O=C(O)c1ccc(F)cc1. The number of rotatable bonds is 11. The van der Waals surface area contributed by atoms with Crippen LogP contribution in [0.2, 0.25) is 0 Å². The molecule has 0 bridgehead atoms. The van der Waals surface area contributed by atoms with Crippen LogP contribution in [0, 0.1) is 5.82 Å². The van der Waals surface area contributed by atoms with E-state index in [0.717, 1.165) is 24.1 Å². The first-order valence-corrected chi connectivity index (χ1v) is 12.4. The van der Waals surface area contributed by atoms with Crippen molar-refractivity contribution in [2.75, 3.05) is 0 Å². The van der Waals surface area contributed by atoms with Gasteiger partial charge >= 0.3 is 17.9 Å². The third kappa shape index (κ3) is 13.2. The van der Waals surface area contributed by atoms with Crippen LogP contribution < -0.4 is 0 Å². The van der Waals surface area contributed by atoms with Gasteiger partial charge in [0.2, 0.25) is 0 Å². The second kappa shape index (κ2) is 18.1. The topological polar surface area (TPSA) is 112 Å². The fraction of sp³-hybridized carbons (Fsp3) is 0.258. The van der Waals surface area contributed by atoms with Crippen molar-refractivity contribution in [1.29, 1.82) is 0 Å². The third-order valence-electron chi connectivity index (χ3n) is 5.50. The molecule has 0 spiro atoms. The van der Waals surface area contributed by atoms with Crippen LogP contribution in [0.4, 0.5) is 4.39 Å². The Hall–Kier alpha value is -4.26. The maximum Gasteiger partial charge on any atom is 0.335 e. The van der Waals surface area contributed by atoms with Gasteiger partial charge in [0, 0.05) is 0 Å². The summed E-state index contributed by atoms with van der Waals surface area (Å²) in [6, 6.07) is 18.4. The molecule has 0 unspecified atom stereocenters. The molecular weight excluding hydrogens is 487 g/mol. The van der Waals surface area contributed by atoms with Crippen LogP contribution in [-0.4, -0.2) is 33.2 Å². The van der Waals surface area contributed by atoms with Crippen molar-refractivity contribution in [2.24, 2.45) is 0 Å². The molecule has 3 rings (SSSR count). The minimum Gasteiger partial charge on any atom is -0.478 e. The molecule has 3 aromatic carbocycles. The zero-order valence-electron chi connectivity index (χ0n) is 21.6. The zero-order valence-corrected chi connectivity index (χ0v) is 21.6. The summed E-state index contributed by atoms with van der Waals surface area (Å²) in [6.45, 7) is 5.78. The summed E-state index contributed by atoms with van der Waals surface area (Å²) in [4.78, 5) is 31.2. The molecule has 0 aliphatic rings. The maximum absolute atomic E-state index is 12.2. The summed E-state index contributed by atoms with van der Waals surface area (Å²) in [6.07, 6.45) is 10.5. The fourth-order valence-electron chi connectivity index (χ4n) is 3.28. The number of benzene rings is 3. The average Bonchev–Trinajstić information content (AvgIpc) is 2.92. The lowest BCUT2D eigenvalue weighted by Crippen LogP contribution is -1.96. The van der Waals surface area contributed by atoms with E-state index in [2.05, 4.69) is 13.5 Å². The Kier molecular flexibility index (Phi) is 15.1. The molecule has 0 saturated carbocycles. The van der Waals surface area contributed by atoms with Gasteiger partial charge in [0.1, 0.15) is 5.82 Å². The fourth-order valence-corrected chi connectivity index (χ4v) is 3.28. The summed E-state index contributed by atoms with van der Waals surface area (Å²) in [5, 5.41) is 25.6. The van der Waals surface area contributed by atoms with Gasteiger partial charge in [-0.15, -0.1) is 0 Å². The van der Waals surface area contributed by atoms with Gasteiger partial charge < -0.3 is 15.3 Å². The van der Waals surface area contributed by atoms with E-state index in [0.29, 0.717) is 11.1 Å². The van der Waals surface area contributed by atoms with Crippen molar-refractivity contribution in [3.05, 3.63) is 113 Å².